The lowest BCUT2D eigenvalue weighted by molar-refractivity contribution is -0.0510. The molecular weight excluding hydrogens is 334 g/mol. The summed E-state index contributed by atoms with van der Waals surface area (Å²) >= 11 is 6.98. The molecule has 1 aliphatic rings. The molecule has 0 bridgehead atoms. The highest BCUT2D eigenvalue weighted by atomic mass is 79.9. The number of hydrogen-bond acceptors (Lipinski definition) is 2. The van der Waals surface area contributed by atoms with Crippen LogP contribution in [0.1, 0.15) is 20.3 Å². The number of aliphatic hydroxyl groups excluding tert-OH is 1. The number of aliphatic hydroxyl groups is 1. The molecule has 1 aromatic carbocycles. The first-order valence-corrected chi connectivity index (χ1v) is 6.89. The summed E-state index contributed by atoms with van der Waals surface area (Å²) in [5, 5.41) is 13.2. The Bertz CT molecular complexity index is 406. The van der Waals surface area contributed by atoms with E-state index in [4.69, 9.17) is 0 Å². The normalized spacial score (nSPS) is 27.3. The maximum Gasteiger partial charge on any atom is 0.0630 e. The van der Waals surface area contributed by atoms with Gasteiger partial charge in [0.05, 0.1) is 6.10 Å². The lowest BCUT2D eigenvalue weighted by Gasteiger charge is -2.50. The van der Waals surface area contributed by atoms with E-state index in [-0.39, 0.29) is 11.5 Å². The van der Waals surface area contributed by atoms with Crippen LogP contribution in [0.3, 0.4) is 0 Å². The minimum absolute atomic E-state index is 0.0538. The summed E-state index contributed by atoms with van der Waals surface area (Å²) in [5.74, 6) is 0. The predicted octanol–water partition coefficient (Wildman–Crippen LogP) is 3.78. The summed E-state index contributed by atoms with van der Waals surface area (Å²) < 4.78 is 2.10. The topological polar surface area (TPSA) is 32.3 Å². The van der Waals surface area contributed by atoms with Gasteiger partial charge in [-0.1, -0.05) is 29.8 Å². The van der Waals surface area contributed by atoms with Gasteiger partial charge in [-0.15, -0.1) is 0 Å². The molecule has 2 nitrogen and oxygen atoms in total. The average Bonchev–Trinajstić information content (AvgIpc) is 2.23. The first-order valence-electron chi connectivity index (χ1n) is 5.31. The summed E-state index contributed by atoms with van der Waals surface area (Å²) in [6.45, 7) is 4.18. The van der Waals surface area contributed by atoms with E-state index >= 15 is 0 Å². The molecule has 16 heavy (non-hydrogen) atoms. The Morgan fingerprint density at radius 3 is 2.62 bits per heavy atom. The van der Waals surface area contributed by atoms with Crippen LogP contribution in [-0.2, 0) is 0 Å². The summed E-state index contributed by atoms with van der Waals surface area (Å²) in [6, 6.07) is 6.38. The Hall–Kier alpha value is -0.0600. The quantitative estimate of drug-likeness (QED) is 0.852. The van der Waals surface area contributed by atoms with Crippen molar-refractivity contribution in [1.29, 1.82) is 0 Å². The van der Waals surface area contributed by atoms with Crippen LogP contribution in [0, 0.1) is 5.41 Å². The molecule has 4 heteroatoms. The van der Waals surface area contributed by atoms with Gasteiger partial charge in [-0.05, 0) is 40.5 Å². The largest absolute Gasteiger partial charge is 0.392 e. The molecule has 0 radical (unpaired) electrons. The van der Waals surface area contributed by atoms with E-state index in [0.29, 0.717) is 6.04 Å². The number of rotatable bonds is 2. The van der Waals surface area contributed by atoms with E-state index in [0.717, 1.165) is 21.1 Å². The summed E-state index contributed by atoms with van der Waals surface area (Å²) in [5.41, 5.74) is 1.02. The first-order chi connectivity index (χ1) is 7.41. The zero-order valence-electron chi connectivity index (χ0n) is 9.30. The van der Waals surface area contributed by atoms with Crippen LogP contribution in [0.2, 0.25) is 0 Å². The average molecular weight is 349 g/mol. The number of nitrogens with one attached hydrogen (secondary N) is 1. The van der Waals surface area contributed by atoms with Crippen LogP contribution in [-0.4, -0.2) is 17.3 Å². The number of hydrogen-bond donors (Lipinski definition) is 2. The van der Waals surface area contributed by atoms with E-state index in [1.807, 2.05) is 18.2 Å². The van der Waals surface area contributed by atoms with E-state index in [1.165, 1.54) is 0 Å². The molecule has 2 unspecified atom stereocenters. The minimum Gasteiger partial charge on any atom is -0.392 e. The maximum absolute atomic E-state index is 9.69. The molecule has 2 atom stereocenters. The molecule has 0 amide bonds. The molecule has 1 aliphatic carbocycles. The highest BCUT2D eigenvalue weighted by Gasteiger charge is 2.47. The molecule has 2 rings (SSSR count). The Kier molecular flexibility index (Phi) is 3.34. The van der Waals surface area contributed by atoms with E-state index in [2.05, 4.69) is 51.0 Å². The highest BCUT2D eigenvalue weighted by molar-refractivity contribution is 9.11. The summed E-state index contributed by atoms with van der Waals surface area (Å²) in [4.78, 5) is 0. The van der Waals surface area contributed by atoms with E-state index < -0.39 is 0 Å². The van der Waals surface area contributed by atoms with Crippen LogP contribution in [0.25, 0.3) is 0 Å². The Labute approximate surface area is 113 Å². The second kappa shape index (κ2) is 4.31. The van der Waals surface area contributed by atoms with Crippen molar-refractivity contribution in [1.82, 2.24) is 0 Å². The van der Waals surface area contributed by atoms with Crippen molar-refractivity contribution >= 4 is 37.5 Å². The van der Waals surface area contributed by atoms with Gasteiger partial charge in [0.15, 0.2) is 0 Å². The van der Waals surface area contributed by atoms with E-state index in [9.17, 15) is 5.11 Å². The molecule has 0 spiro atoms. The SMILES string of the molecule is CC1(C)C(O)CC1Nc1cc(Br)ccc1Br. The van der Waals surface area contributed by atoms with Gasteiger partial charge in [-0.2, -0.15) is 0 Å². The molecule has 1 aromatic rings. The van der Waals surface area contributed by atoms with Gasteiger partial charge < -0.3 is 10.4 Å². The van der Waals surface area contributed by atoms with Gasteiger partial charge in [-0.3, -0.25) is 0 Å². The zero-order chi connectivity index (χ0) is 11.9. The zero-order valence-corrected chi connectivity index (χ0v) is 12.5. The first kappa shape index (κ1) is 12.4. The third-order valence-corrected chi connectivity index (χ3v) is 4.66. The van der Waals surface area contributed by atoms with Crippen LogP contribution in [0.4, 0.5) is 5.69 Å². The molecule has 1 fully saturated rings. The second-order valence-electron chi connectivity index (χ2n) is 4.89. The number of benzene rings is 1. The molecular formula is C12H15Br2NO. The molecule has 0 saturated heterocycles. The fourth-order valence-corrected chi connectivity index (χ4v) is 2.67. The van der Waals surface area contributed by atoms with Gasteiger partial charge >= 0.3 is 0 Å². The molecule has 0 aromatic heterocycles. The monoisotopic (exact) mass is 347 g/mol. The van der Waals surface area contributed by atoms with E-state index in [1.54, 1.807) is 0 Å². The fourth-order valence-electron chi connectivity index (χ4n) is 1.94. The van der Waals surface area contributed by atoms with Crippen LogP contribution in [0.15, 0.2) is 27.1 Å². The number of anilines is 1. The minimum atomic E-state index is -0.198. The lowest BCUT2D eigenvalue weighted by Crippen LogP contribution is -2.56. The molecule has 88 valence electrons. The third kappa shape index (κ3) is 2.15. The molecule has 0 heterocycles. The molecule has 0 aliphatic heterocycles. The van der Waals surface area contributed by atoms with Gasteiger partial charge in [-0.25, -0.2) is 0 Å². The molecule has 2 N–H and O–H groups in total. The second-order valence-corrected chi connectivity index (χ2v) is 6.66. The maximum atomic E-state index is 9.69. The summed E-state index contributed by atoms with van der Waals surface area (Å²) in [7, 11) is 0. The van der Waals surface area contributed by atoms with Crippen molar-refractivity contribution in [2.75, 3.05) is 5.32 Å². The Morgan fingerprint density at radius 2 is 2.06 bits per heavy atom. The van der Waals surface area contributed by atoms with Gasteiger partial charge in [0.25, 0.3) is 0 Å². The van der Waals surface area contributed by atoms with Crippen molar-refractivity contribution in [3.05, 3.63) is 27.1 Å². The van der Waals surface area contributed by atoms with Gasteiger partial charge in [0, 0.05) is 26.1 Å². The van der Waals surface area contributed by atoms with Crippen molar-refractivity contribution < 1.29 is 5.11 Å². The number of halogens is 2. The Balaban J connectivity index is 2.13. The van der Waals surface area contributed by atoms with Crippen molar-refractivity contribution in [2.24, 2.45) is 5.41 Å². The fraction of sp³-hybridized carbons (Fsp3) is 0.500. The van der Waals surface area contributed by atoms with Crippen LogP contribution in [0.5, 0.6) is 0 Å². The standard InChI is InChI=1S/C12H15Br2NO/c1-12(2)10(6-11(12)16)15-9-5-7(13)3-4-8(9)14/h3-5,10-11,15-16H,6H2,1-2H3. The third-order valence-electron chi connectivity index (χ3n) is 3.47. The smallest absolute Gasteiger partial charge is 0.0630 e. The molecule has 1 saturated carbocycles. The van der Waals surface area contributed by atoms with Gasteiger partial charge in [0.1, 0.15) is 0 Å². The summed E-state index contributed by atoms with van der Waals surface area (Å²) in [6.07, 6.45) is 0.613. The van der Waals surface area contributed by atoms with Crippen molar-refractivity contribution in [2.45, 2.75) is 32.4 Å². The van der Waals surface area contributed by atoms with Crippen molar-refractivity contribution in [3.63, 3.8) is 0 Å². The van der Waals surface area contributed by atoms with Crippen molar-refractivity contribution in [3.8, 4) is 0 Å². The van der Waals surface area contributed by atoms with Crippen LogP contribution < -0.4 is 5.32 Å². The van der Waals surface area contributed by atoms with Crippen LogP contribution >= 0.6 is 31.9 Å². The lowest BCUT2D eigenvalue weighted by atomic mass is 9.64. The highest BCUT2D eigenvalue weighted by Crippen LogP contribution is 2.43. The van der Waals surface area contributed by atoms with Gasteiger partial charge in [0.2, 0.25) is 0 Å². The Morgan fingerprint density at radius 1 is 1.38 bits per heavy atom. The predicted molar refractivity (Wildman–Crippen MR) is 73.7 cm³/mol.